The first-order chi connectivity index (χ1) is 7.90. The van der Waals surface area contributed by atoms with Gasteiger partial charge in [0, 0.05) is 17.0 Å². The van der Waals surface area contributed by atoms with Crippen LogP contribution in [-0.4, -0.2) is 11.6 Å². The van der Waals surface area contributed by atoms with Gasteiger partial charge < -0.3 is 0 Å². The number of carbonyl (C=O) groups excluding carboxylic acids is 2. The summed E-state index contributed by atoms with van der Waals surface area (Å²) in [5, 5.41) is 0.764. The third-order valence-electron chi connectivity index (χ3n) is 2.23. The molecule has 0 spiro atoms. The van der Waals surface area contributed by atoms with Gasteiger partial charge in [-0.15, -0.1) is 0 Å². The Bertz CT molecular complexity index is 439. The summed E-state index contributed by atoms with van der Waals surface area (Å²) in [4.78, 5) is 23.3. The number of Topliss-reactive ketones (excluding diaryl/α,β-unsaturated/α-hetero) is 2. The third-order valence-corrected chi connectivity index (χ3v) is 2.77. The van der Waals surface area contributed by atoms with Crippen LogP contribution in [0.5, 0.6) is 0 Å². The molecule has 4 heteroatoms. The van der Waals surface area contributed by atoms with Crippen molar-refractivity contribution >= 4 is 34.8 Å². The van der Waals surface area contributed by atoms with Gasteiger partial charge in [-0.2, -0.15) is 0 Å². The van der Waals surface area contributed by atoms with Crippen molar-refractivity contribution in [2.75, 3.05) is 0 Å². The van der Waals surface area contributed by atoms with Crippen LogP contribution < -0.4 is 0 Å². The summed E-state index contributed by atoms with van der Waals surface area (Å²) in [6.07, 6.45) is 0.316. The van der Waals surface area contributed by atoms with Gasteiger partial charge >= 0.3 is 0 Å². The number of rotatable bonds is 5. The predicted octanol–water partition coefficient (Wildman–Crippen LogP) is 4.18. The maximum Gasteiger partial charge on any atom is 0.171 e. The molecule has 1 aromatic rings. The number of halogens is 2. The summed E-state index contributed by atoms with van der Waals surface area (Å²) in [5.74, 6) is -0.0516. The Balaban J connectivity index is 2.73. The molecule has 1 aromatic carbocycles. The van der Waals surface area contributed by atoms with E-state index in [4.69, 9.17) is 23.2 Å². The minimum absolute atomic E-state index is 0.0592. The average molecular weight is 273 g/mol. The van der Waals surface area contributed by atoms with Gasteiger partial charge in [-0.3, -0.25) is 9.59 Å². The minimum Gasteiger partial charge on any atom is -0.299 e. The van der Waals surface area contributed by atoms with Crippen LogP contribution in [0.3, 0.4) is 0 Å². The quantitative estimate of drug-likeness (QED) is 0.595. The van der Waals surface area contributed by atoms with E-state index in [0.717, 1.165) is 0 Å². The van der Waals surface area contributed by atoms with Gasteiger partial charge in [0.1, 0.15) is 5.78 Å². The normalized spacial score (nSPS) is 10.6. The minimum atomic E-state index is -0.252. The smallest absolute Gasteiger partial charge is 0.171 e. The highest BCUT2D eigenvalue weighted by molar-refractivity contribution is 6.37. The molecule has 0 fully saturated rings. The van der Waals surface area contributed by atoms with E-state index in [2.05, 4.69) is 0 Å². The summed E-state index contributed by atoms with van der Waals surface area (Å²) in [6.45, 7) is 3.88. The second-order valence-electron chi connectivity index (χ2n) is 4.36. The topological polar surface area (TPSA) is 34.1 Å². The predicted molar refractivity (Wildman–Crippen MR) is 69.9 cm³/mol. The van der Waals surface area contributed by atoms with Gasteiger partial charge in [0.05, 0.1) is 11.4 Å². The maximum absolute atomic E-state index is 11.8. The SMILES string of the molecule is CC(C)CC(=O)CC(=O)c1ccc(Cl)cc1Cl. The lowest BCUT2D eigenvalue weighted by Gasteiger charge is -2.05. The fraction of sp³-hybridized carbons (Fsp3) is 0.385. The van der Waals surface area contributed by atoms with E-state index >= 15 is 0 Å². The van der Waals surface area contributed by atoms with Gasteiger partial charge in [-0.25, -0.2) is 0 Å². The Morgan fingerprint density at radius 2 is 1.88 bits per heavy atom. The Kier molecular flexibility index (Phi) is 5.16. The second kappa shape index (κ2) is 6.18. The first kappa shape index (κ1) is 14.2. The van der Waals surface area contributed by atoms with Crippen LogP contribution in [0.2, 0.25) is 10.0 Å². The van der Waals surface area contributed by atoms with Gasteiger partial charge in [0.15, 0.2) is 5.78 Å². The van der Waals surface area contributed by atoms with Crippen LogP contribution >= 0.6 is 23.2 Å². The van der Waals surface area contributed by atoms with E-state index in [0.29, 0.717) is 22.0 Å². The average Bonchev–Trinajstić information content (AvgIpc) is 2.15. The molecule has 17 heavy (non-hydrogen) atoms. The van der Waals surface area contributed by atoms with Crippen LogP contribution in [0.15, 0.2) is 18.2 Å². The van der Waals surface area contributed by atoms with E-state index in [-0.39, 0.29) is 23.9 Å². The van der Waals surface area contributed by atoms with E-state index in [1.165, 1.54) is 6.07 Å². The Labute approximate surface area is 111 Å². The van der Waals surface area contributed by atoms with Crippen LogP contribution in [0.25, 0.3) is 0 Å². The van der Waals surface area contributed by atoms with Gasteiger partial charge in [0.25, 0.3) is 0 Å². The molecular formula is C13H14Cl2O2. The van der Waals surface area contributed by atoms with E-state index in [1.54, 1.807) is 12.1 Å². The zero-order valence-electron chi connectivity index (χ0n) is 9.80. The van der Waals surface area contributed by atoms with Crippen molar-refractivity contribution in [3.63, 3.8) is 0 Å². The lowest BCUT2D eigenvalue weighted by atomic mass is 10.0. The van der Waals surface area contributed by atoms with Crippen LogP contribution in [0.1, 0.15) is 37.0 Å². The summed E-state index contributed by atoms with van der Waals surface area (Å²) >= 11 is 11.6. The van der Waals surface area contributed by atoms with Crippen LogP contribution in [0.4, 0.5) is 0 Å². The molecule has 0 aliphatic carbocycles. The highest BCUT2D eigenvalue weighted by atomic mass is 35.5. The lowest BCUT2D eigenvalue weighted by Crippen LogP contribution is -2.10. The molecule has 0 aromatic heterocycles. The van der Waals surface area contributed by atoms with Crippen LogP contribution in [0, 0.1) is 5.92 Å². The lowest BCUT2D eigenvalue weighted by molar-refractivity contribution is -0.118. The molecule has 0 saturated carbocycles. The standard InChI is InChI=1S/C13H14Cl2O2/c1-8(2)5-10(16)7-13(17)11-4-3-9(14)6-12(11)15/h3-4,6,8H,5,7H2,1-2H3. The fourth-order valence-corrected chi connectivity index (χ4v) is 2.03. The first-order valence-corrected chi connectivity index (χ1v) is 6.15. The van der Waals surface area contributed by atoms with Gasteiger partial charge in [0.2, 0.25) is 0 Å². The molecule has 0 bridgehead atoms. The summed E-state index contributed by atoms with van der Waals surface area (Å²) in [5.41, 5.74) is 0.355. The zero-order chi connectivity index (χ0) is 13.0. The van der Waals surface area contributed by atoms with Crippen molar-refractivity contribution in [1.29, 1.82) is 0 Å². The molecular weight excluding hydrogens is 259 g/mol. The molecule has 0 saturated heterocycles. The van der Waals surface area contributed by atoms with E-state index < -0.39 is 0 Å². The maximum atomic E-state index is 11.8. The second-order valence-corrected chi connectivity index (χ2v) is 5.20. The Hall–Kier alpha value is -0.860. The number of carbonyl (C=O) groups is 2. The van der Waals surface area contributed by atoms with Gasteiger partial charge in [-0.05, 0) is 24.1 Å². The molecule has 0 heterocycles. The third kappa shape index (κ3) is 4.49. The zero-order valence-corrected chi connectivity index (χ0v) is 11.3. The van der Waals surface area contributed by atoms with Crippen molar-refractivity contribution < 1.29 is 9.59 Å². The number of hydrogen-bond donors (Lipinski definition) is 0. The molecule has 1 rings (SSSR count). The van der Waals surface area contributed by atoms with Gasteiger partial charge in [-0.1, -0.05) is 37.0 Å². The monoisotopic (exact) mass is 272 g/mol. The molecule has 0 radical (unpaired) electrons. The summed E-state index contributed by atoms with van der Waals surface area (Å²) in [7, 11) is 0. The van der Waals surface area contributed by atoms with Crippen LogP contribution in [-0.2, 0) is 4.79 Å². The first-order valence-electron chi connectivity index (χ1n) is 5.40. The molecule has 0 amide bonds. The highest BCUT2D eigenvalue weighted by Gasteiger charge is 2.15. The molecule has 92 valence electrons. The molecule has 0 aliphatic rings. The molecule has 0 atom stereocenters. The number of ketones is 2. The highest BCUT2D eigenvalue weighted by Crippen LogP contribution is 2.22. The van der Waals surface area contributed by atoms with Crippen molar-refractivity contribution in [1.82, 2.24) is 0 Å². The molecule has 0 aliphatic heterocycles. The molecule has 0 N–H and O–H groups in total. The number of hydrogen-bond acceptors (Lipinski definition) is 2. The fourth-order valence-electron chi connectivity index (χ4n) is 1.52. The van der Waals surface area contributed by atoms with E-state index in [1.807, 2.05) is 13.8 Å². The molecule has 0 unspecified atom stereocenters. The summed E-state index contributed by atoms with van der Waals surface area (Å²) in [6, 6.07) is 4.65. The molecule has 2 nitrogen and oxygen atoms in total. The Morgan fingerprint density at radius 3 is 2.41 bits per heavy atom. The largest absolute Gasteiger partial charge is 0.299 e. The van der Waals surface area contributed by atoms with Crippen molar-refractivity contribution in [2.45, 2.75) is 26.7 Å². The van der Waals surface area contributed by atoms with Crippen molar-refractivity contribution in [3.05, 3.63) is 33.8 Å². The Morgan fingerprint density at radius 1 is 1.24 bits per heavy atom. The van der Waals surface area contributed by atoms with Crippen molar-refractivity contribution in [2.24, 2.45) is 5.92 Å². The summed E-state index contributed by atoms with van der Waals surface area (Å²) < 4.78 is 0. The van der Waals surface area contributed by atoms with Crippen molar-refractivity contribution in [3.8, 4) is 0 Å². The van der Waals surface area contributed by atoms with E-state index in [9.17, 15) is 9.59 Å². The number of benzene rings is 1.